The Morgan fingerprint density at radius 2 is 1.91 bits per heavy atom. The second kappa shape index (κ2) is 5.59. The number of methoxy groups -OCH3 is 1. The lowest BCUT2D eigenvalue weighted by molar-refractivity contribution is -0.187. The van der Waals surface area contributed by atoms with Crippen molar-refractivity contribution in [3.63, 3.8) is 0 Å². The Labute approximate surface area is 126 Å². The van der Waals surface area contributed by atoms with Crippen LogP contribution in [0, 0.1) is 5.92 Å². The van der Waals surface area contributed by atoms with E-state index in [4.69, 9.17) is 9.26 Å². The summed E-state index contributed by atoms with van der Waals surface area (Å²) >= 11 is 0. The summed E-state index contributed by atoms with van der Waals surface area (Å²) < 4.78 is 49.9. The predicted molar refractivity (Wildman–Crippen MR) is 70.6 cm³/mol. The smallest absolute Gasteiger partial charge is 0.392 e. The van der Waals surface area contributed by atoms with Gasteiger partial charge < -0.3 is 9.26 Å². The molecule has 1 aromatic heterocycles. The zero-order chi connectivity index (χ0) is 15.9. The van der Waals surface area contributed by atoms with Crippen molar-refractivity contribution in [2.45, 2.75) is 56.5 Å². The van der Waals surface area contributed by atoms with Crippen LogP contribution in [0.15, 0.2) is 4.52 Å². The van der Waals surface area contributed by atoms with Crippen molar-refractivity contribution in [1.29, 1.82) is 0 Å². The van der Waals surface area contributed by atoms with Crippen molar-refractivity contribution in [3.8, 4) is 0 Å². The van der Waals surface area contributed by atoms with E-state index >= 15 is 0 Å². The van der Waals surface area contributed by atoms with Gasteiger partial charge in [0.05, 0.1) is 13.0 Å². The van der Waals surface area contributed by atoms with Crippen molar-refractivity contribution in [1.82, 2.24) is 5.16 Å². The van der Waals surface area contributed by atoms with E-state index in [0.29, 0.717) is 25.0 Å². The molecule has 0 saturated heterocycles. The first-order chi connectivity index (χ1) is 10.4. The van der Waals surface area contributed by atoms with Gasteiger partial charge in [-0.1, -0.05) is 18.0 Å². The lowest BCUT2D eigenvalue weighted by Gasteiger charge is -2.32. The molecule has 0 unspecified atom stereocenters. The number of esters is 1. The SMILES string of the molecule is COC(=O)c1c([C@@H]2CCCC[C@H]2C(F)(F)F)noc1C1CC1. The molecule has 2 atom stereocenters. The van der Waals surface area contributed by atoms with E-state index in [1.165, 1.54) is 7.11 Å². The van der Waals surface area contributed by atoms with Gasteiger partial charge in [0.1, 0.15) is 11.3 Å². The zero-order valence-electron chi connectivity index (χ0n) is 12.3. The minimum absolute atomic E-state index is 0.0698. The van der Waals surface area contributed by atoms with Gasteiger partial charge in [0, 0.05) is 11.8 Å². The molecule has 3 rings (SSSR count). The molecule has 122 valence electrons. The molecule has 2 aliphatic carbocycles. The Bertz CT molecular complexity index is 563. The van der Waals surface area contributed by atoms with Crippen LogP contribution < -0.4 is 0 Å². The summed E-state index contributed by atoms with van der Waals surface area (Å²) in [5, 5.41) is 3.86. The Morgan fingerprint density at radius 3 is 2.50 bits per heavy atom. The lowest BCUT2D eigenvalue weighted by atomic mass is 9.76. The van der Waals surface area contributed by atoms with Crippen LogP contribution in [0.25, 0.3) is 0 Å². The second-order valence-electron chi connectivity index (χ2n) is 6.11. The molecule has 0 radical (unpaired) electrons. The van der Waals surface area contributed by atoms with Crippen LogP contribution in [0.2, 0.25) is 0 Å². The van der Waals surface area contributed by atoms with Gasteiger partial charge in [0.15, 0.2) is 5.76 Å². The summed E-state index contributed by atoms with van der Waals surface area (Å²) in [7, 11) is 1.22. The molecule has 0 amide bonds. The highest BCUT2D eigenvalue weighted by Gasteiger charge is 2.49. The molecule has 1 heterocycles. The summed E-state index contributed by atoms with van der Waals surface area (Å²) in [5.41, 5.74) is 0.266. The van der Waals surface area contributed by atoms with Crippen LogP contribution in [-0.2, 0) is 4.74 Å². The molecule has 4 nitrogen and oxygen atoms in total. The fraction of sp³-hybridized carbons (Fsp3) is 0.733. The number of aromatic nitrogens is 1. The molecule has 2 aliphatic rings. The summed E-state index contributed by atoms with van der Waals surface area (Å²) in [5.74, 6) is -2.46. The number of nitrogens with zero attached hydrogens (tertiary/aromatic N) is 1. The lowest BCUT2D eigenvalue weighted by Crippen LogP contribution is -2.32. The number of carbonyl (C=O) groups excluding carboxylic acids is 1. The quantitative estimate of drug-likeness (QED) is 0.785. The van der Waals surface area contributed by atoms with Gasteiger partial charge >= 0.3 is 12.1 Å². The Kier molecular flexibility index (Phi) is 3.91. The van der Waals surface area contributed by atoms with E-state index in [2.05, 4.69) is 5.16 Å². The molecule has 0 spiro atoms. The fourth-order valence-electron chi connectivity index (χ4n) is 3.35. The third-order valence-electron chi connectivity index (χ3n) is 4.62. The van der Waals surface area contributed by atoms with Gasteiger partial charge in [-0.15, -0.1) is 0 Å². The van der Waals surface area contributed by atoms with Crippen LogP contribution >= 0.6 is 0 Å². The Balaban J connectivity index is 2.00. The molecular formula is C15H18F3NO3. The highest BCUT2D eigenvalue weighted by Crippen LogP contribution is 2.49. The minimum Gasteiger partial charge on any atom is -0.465 e. The van der Waals surface area contributed by atoms with Crippen LogP contribution in [0.3, 0.4) is 0 Å². The minimum atomic E-state index is -4.29. The number of hydrogen-bond acceptors (Lipinski definition) is 4. The van der Waals surface area contributed by atoms with Crippen LogP contribution in [0.5, 0.6) is 0 Å². The number of halogens is 3. The van der Waals surface area contributed by atoms with Crippen molar-refractivity contribution in [3.05, 3.63) is 17.0 Å². The van der Waals surface area contributed by atoms with Gasteiger partial charge in [-0.3, -0.25) is 0 Å². The number of carbonyl (C=O) groups is 1. The molecular weight excluding hydrogens is 299 g/mol. The molecule has 0 bridgehead atoms. The first kappa shape index (κ1) is 15.4. The molecule has 2 saturated carbocycles. The van der Waals surface area contributed by atoms with Gasteiger partial charge in [0.25, 0.3) is 0 Å². The molecule has 22 heavy (non-hydrogen) atoms. The maximum absolute atomic E-state index is 13.3. The third-order valence-corrected chi connectivity index (χ3v) is 4.62. The van der Waals surface area contributed by atoms with Gasteiger partial charge in [-0.25, -0.2) is 4.79 Å². The van der Waals surface area contributed by atoms with E-state index in [-0.39, 0.29) is 23.6 Å². The van der Waals surface area contributed by atoms with Crippen LogP contribution in [0.4, 0.5) is 13.2 Å². The topological polar surface area (TPSA) is 52.3 Å². The van der Waals surface area contributed by atoms with Crippen molar-refractivity contribution in [2.75, 3.05) is 7.11 Å². The Morgan fingerprint density at radius 1 is 1.23 bits per heavy atom. The Hall–Kier alpha value is -1.53. The molecule has 0 aromatic carbocycles. The van der Waals surface area contributed by atoms with E-state index < -0.39 is 24.0 Å². The van der Waals surface area contributed by atoms with Crippen LogP contribution in [-0.4, -0.2) is 24.4 Å². The van der Waals surface area contributed by atoms with Crippen molar-refractivity contribution >= 4 is 5.97 Å². The highest BCUT2D eigenvalue weighted by atomic mass is 19.4. The normalized spacial score (nSPS) is 26.0. The van der Waals surface area contributed by atoms with E-state index in [9.17, 15) is 18.0 Å². The van der Waals surface area contributed by atoms with E-state index in [1.54, 1.807) is 0 Å². The summed E-state index contributed by atoms with van der Waals surface area (Å²) in [6, 6.07) is 0. The van der Waals surface area contributed by atoms with Gasteiger partial charge in [-0.05, 0) is 25.7 Å². The number of rotatable bonds is 3. The summed E-state index contributed by atoms with van der Waals surface area (Å²) in [4.78, 5) is 12.0. The standard InChI is InChI=1S/C15H18F3NO3/c1-21-14(20)11-12(19-22-13(11)8-6-7-8)9-4-2-3-5-10(9)15(16,17)18/h8-10H,2-7H2,1H3/t9-,10-/m1/s1. The van der Waals surface area contributed by atoms with Crippen LogP contribution in [0.1, 0.15) is 72.2 Å². The zero-order valence-corrected chi connectivity index (χ0v) is 12.3. The molecule has 7 heteroatoms. The number of ether oxygens (including phenoxy) is 1. The predicted octanol–water partition coefficient (Wildman–Crippen LogP) is 4.17. The second-order valence-corrected chi connectivity index (χ2v) is 6.11. The number of hydrogen-bond donors (Lipinski definition) is 0. The summed E-state index contributed by atoms with van der Waals surface area (Å²) in [6.45, 7) is 0. The van der Waals surface area contributed by atoms with Gasteiger partial charge in [-0.2, -0.15) is 13.2 Å². The highest BCUT2D eigenvalue weighted by molar-refractivity contribution is 5.92. The molecule has 0 aliphatic heterocycles. The average Bonchev–Trinajstić information content (AvgIpc) is 3.24. The van der Waals surface area contributed by atoms with Crippen molar-refractivity contribution < 1.29 is 27.2 Å². The largest absolute Gasteiger partial charge is 0.465 e. The van der Waals surface area contributed by atoms with Gasteiger partial charge in [0.2, 0.25) is 0 Å². The average molecular weight is 317 g/mol. The molecule has 2 fully saturated rings. The van der Waals surface area contributed by atoms with E-state index in [1.807, 2.05) is 0 Å². The maximum Gasteiger partial charge on any atom is 0.392 e. The summed E-state index contributed by atoms with van der Waals surface area (Å²) in [6.07, 6.45) is -0.884. The first-order valence-corrected chi connectivity index (χ1v) is 7.58. The monoisotopic (exact) mass is 317 g/mol. The molecule has 1 aromatic rings. The third kappa shape index (κ3) is 2.73. The fourth-order valence-corrected chi connectivity index (χ4v) is 3.35. The first-order valence-electron chi connectivity index (χ1n) is 7.58. The maximum atomic E-state index is 13.3. The van der Waals surface area contributed by atoms with Crippen molar-refractivity contribution in [2.24, 2.45) is 5.92 Å². The molecule has 0 N–H and O–H groups in total. The van der Waals surface area contributed by atoms with E-state index in [0.717, 1.165) is 12.8 Å². The number of alkyl halides is 3.